The maximum atomic E-state index is 11.8. The van der Waals surface area contributed by atoms with Gasteiger partial charge in [-0.3, -0.25) is 4.79 Å². The number of benzene rings is 2. The third-order valence-electron chi connectivity index (χ3n) is 3.81. The summed E-state index contributed by atoms with van der Waals surface area (Å²) in [5.41, 5.74) is 3.57. The molecule has 2 aromatic rings. The molecule has 0 aromatic heterocycles. The molecule has 0 unspecified atom stereocenters. The molecule has 0 atom stereocenters. The molecule has 0 aliphatic heterocycles. The molecule has 128 valence electrons. The number of carbonyl (C=O) groups is 1. The first kappa shape index (κ1) is 17.9. The molecule has 0 fully saturated rings. The van der Waals surface area contributed by atoms with Gasteiger partial charge in [0.25, 0.3) is 0 Å². The molecule has 2 aromatic carbocycles. The summed E-state index contributed by atoms with van der Waals surface area (Å²) in [6, 6.07) is 13.6. The number of aryl methyl sites for hydroxylation is 3. The summed E-state index contributed by atoms with van der Waals surface area (Å²) in [7, 11) is 0. The van der Waals surface area contributed by atoms with E-state index in [-0.39, 0.29) is 5.91 Å². The summed E-state index contributed by atoms with van der Waals surface area (Å²) in [4.78, 5) is 11.8. The fourth-order valence-corrected chi connectivity index (χ4v) is 2.31. The summed E-state index contributed by atoms with van der Waals surface area (Å²) in [6.07, 6.45) is 0.331. The van der Waals surface area contributed by atoms with Crippen LogP contribution in [0.2, 0.25) is 0 Å². The van der Waals surface area contributed by atoms with Gasteiger partial charge in [-0.2, -0.15) is 0 Å². The molecular weight excluding hydrogens is 302 g/mol. The quantitative estimate of drug-likeness (QED) is 0.754. The Morgan fingerprint density at radius 2 is 1.62 bits per heavy atom. The van der Waals surface area contributed by atoms with Crippen molar-refractivity contribution in [2.45, 2.75) is 27.2 Å². The Hall–Kier alpha value is -2.49. The number of nitrogens with one attached hydrogen (secondary N) is 1. The van der Waals surface area contributed by atoms with Gasteiger partial charge in [0.2, 0.25) is 5.91 Å². The summed E-state index contributed by atoms with van der Waals surface area (Å²) < 4.78 is 11.3. The Kier molecular flexibility index (Phi) is 6.67. The van der Waals surface area contributed by atoms with Crippen molar-refractivity contribution in [1.29, 1.82) is 0 Å². The third-order valence-corrected chi connectivity index (χ3v) is 3.81. The molecule has 1 amide bonds. The molecule has 2 rings (SSSR count). The van der Waals surface area contributed by atoms with Crippen molar-refractivity contribution in [1.82, 2.24) is 5.32 Å². The van der Waals surface area contributed by atoms with E-state index in [4.69, 9.17) is 9.47 Å². The lowest BCUT2D eigenvalue weighted by Gasteiger charge is -2.12. The van der Waals surface area contributed by atoms with Crippen molar-refractivity contribution < 1.29 is 14.3 Å². The summed E-state index contributed by atoms with van der Waals surface area (Å²) >= 11 is 0. The molecule has 1 N–H and O–H groups in total. The molecule has 0 aliphatic rings. The first-order valence-corrected chi connectivity index (χ1v) is 8.21. The second kappa shape index (κ2) is 8.96. The second-order valence-corrected chi connectivity index (χ2v) is 5.81. The summed E-state index contributed by atoms with van der Waals surface area (Å²) in [5, 5.41) is 2.84. The van der Waals surface area contributed by atoms with Crippen molar-refractivity contribution in [2.24, 2.45) is 0 Å². The van der Waals surface area contributed by atoms with Crippen LogP contribution in [0.1, 0.15) is 23.1 Å². The van der Waals surface area contributed by atoms with Crippen LogP contribution in [-0.4, -0.2) is 25.7 Å². The predicted molar refractivity (Wildman–Crippen MR) is 95.7 cm³/mol. The van der Waals surface area contributed by atoms with E-state index < -0.39 is 0 Å². The fraction of sp³-hybridized carbons (Fsp3) is 0.350. The van der Waals surface area contributed by atoms with Gasteiger partial charge in [0.15, 0.2) is 0 Å². The average molecular weight is 327 g/mol. The zero-order chi connectivity index (χ0) is 17.4. The van der Waals surface area contributed by atoms with Gasteiger partial charge in [-0.1, -0.05) is 24.3 Å². The zero-order valence-corrected chi connectivity index (χ0v) is 14.6. The number of rotatable bonds is 8. The van der Waals surface area contributed by atoms with Crippen LogP contribution < -0.4 is 14.8 Å². The number of hydrogen-bond acceptors (Lipinski definition) is 3. The molecule has 0 bridgehead atoms. The maximum Gasteiger partial charge on any atom is 0.223 e. The lowest BCUT2D eigenvalue weighted by molar-refractivity contribution is -0.121. The zero-order valence-electron chi connectivity index (χ0n) is 14.6. The predicted octanol–water partition coefficient (Wildman–Crippen LogP) is 3.58. The Bertz CT molecular complexity index is 668. The Labute approximate surface area is 143 Å². The van der Waals surface area contributed by atoms with E-state index in [9.17, 15) is 4.79 Å². The van der Waals surface area contributed by atoms with Gasteiger partial charge in [-0.25, -0.2) is 0 Å². The largest absolute Gasteiger partial charge is 0.493 e. The Morgan fingerprint density at radius 3 is 2.38 bits per heavy atom. The monoisotopic (exact) mass is 327 g/mol. The van der Waals surface area contributed by atoms with E-state index in [1.165, 1.54) is 11.1 Å². The standard InChI is InChI=1S/C20H25NO3/c1-15-13-17(3)19(14-16(15)2)24-12-10-21-20(22)9-11-23-18-7-5-4-6-8-18/h4-8,13-14H,9-12H2,1-3H3,(H,21,22). The smallest absolute Gasteiger partial charge is 0.223 e. The lowest BCUT2D eigenvalue weighted by Crippen LogP contribution is -2.29. The number of carbonyl (C=O) groups excluding carboxylic acids is 1. The van der Waals surface area contributed by atoms with Crippen molar-refractivity contribution in [2.75, 3.05) is 19.8 Å². The first-order chi connectivity index (χ1) is 11.6. The van der Waals surface area contributed by atoms with Crippen LogP contribution in [0.15, 0.2) is 42.5 Å². The van der Waals surface area contributed by atoms with Gasteiger partial charge in [0.1, 0.15) is 18.1 Å². The van der Waals surface area contributed by atoms with Crippen molar-refractivity contribution in [3.8, 4) is 11.5 Å². The number of hydrogen-bond donors (Lipinski definition) is 1. The van der Waals surface area contributed by atoms with Crippen molar-refractivity contribution >= 4 is 5.91 Å². The van der Waals surface area contributed by atoms with E-state index in [0.29, 0.717) is 26.2 Å². The van der Waals surface area contributed by atoms with E-state index in [0.717, 1.165) is 17.1 Å². The maximum absolute atomic E-state index is 11.8. The minimum Gasteiger partial charge on any atom is -0.493 e. The van der Waals surface area contributed by atoms with Crippen LogP contribution in [-0.2, 0) is 4.79 Å². The number of amides is 1. The SMILES string of the molecule is Cc1cc(C)c(OCCNC(=O)CCOc2ccccc2)cc1C. The van der Waals surface area contributed by atoms with Crippen LogP contribution in [0.25, 0.3) is 0 Å². The van der Waals surface area contributed by atoms with Gasteiger partial charge in [-0.05, 0) is 55.7 Å². The molecule has 0 saturated carbocycles. The molecule has 4 heteroatoms. The summed E-state index contributed by atoms with van der Waals surface area (Å²) in [5.74, 6) is 1.62. The fourth-order valence-electron chi connectivity index (χ4n) is 2.31. The highest BCUT2D eigenvalue weighted by Crippen LogP contribution is 2.22. The molecule has 0 saturated heterocycles. The van der Waals surface area contributed by atoms with Crippen molar-refractivity contribution in [3.05, 3.63) is 59.2 Å². The molecule has 0 spiro atoms. The highest BCUT2D eigenvalue weighted by Gasteiger charge is 2.04. The molecule has 0 heterocycles. The molecule has 4 nitrogen and oxygen atoms in total. The van der Waals surface area contributed by atoms with Gasteiger partial charge in [0, 0.05) is 0 Å². The van der Waals surface area contributed by atoms with Gasteiger partial charge >= 0.3 is 0 Å². The molecule has 0 radical (unpaired) electrons. The second-order valence-electron chi connectivity index (χ2n) is 5.81. The van der Waals surface area contributed by atoms with Crippen LogP contribution in [0.3, 0.4) is 0 Å². The van der Waals surface area contributed by atoms with Gasteiger partial charge < -0.3 is 14.8 Å². The highest BCUT2D eigenvalue weighted by atomic mass is 16.5. The lowest BCUT2D eigenvalue weighted by atomic mass is 10.1. The normalized spacial score (nSPS) is 10.3. The highest BCUT2D eigenvalue weighted by molar-refractivity contribution is 5.75. The van der Waals surface area contributed by atoms with Crippen LogP contribution >= 0.6 is 0 Å². The van der Waals surface area contributed by atoms with E-state index in [1.54, 1.807) is 0 Å². The Morgan fingerprint density at radius 1 is 0.917 bits per heavy atom. The number of ether oxygens (including phenoxy) is 2. The van der Waals surface area contributed by atoms with Crippen LogP contribution in [0, 0.1) is 20.8 Å². The summed E-state index contributed by atoms with van der Waals surface area (Å²) in [6.45, 7) is 7.49. The minimum atomic E-state index is -0.0358. The topological polar surface area (TPSA) is 47.6 Å². The first-order valence-electron chi connectivity index (χ1n) is 8.21. The number of para-hydroxylation sites is 1. The van der Waals surface area contributed by atoms with Gasteiger partial charge in [0.05, 0.1) is 19.6 Å². The minimum absolute atomic E-state index is 0.0358. The molecular formula is C20H25NO3. The Balaban J connectivity index is 1.63. The van der Waals surface area contributed by atoms with E-state index >= 15 is 0 Å². The van der Waals surface area contributed by atoms with E-state index in [2.05, 4.69) is 25.2 Å². The molecule has 0 aliphatic carbocycles. The van der Waals surface area contributed by atoms with Crippen LogP contribution in [0.5, 0.6) is 11.5 Å². The van der Waals surface area contributed by atoms with E-state index in [1.807, 2.05) is 43.3 Å². The third kappa shape index (κ3) is 5.61. The van der Waals surface area contributed by atoms with Gasteiger partial charge in [-0.15, -0.1) is 0 Å². The average Bonchev–Trinajstić information content (AvgIpc) is 2.57. The van der Waals surface area contributed by atoms with Crippen LogP contribution in [0.4, 0.5) is 0 Å². The molecule has 24 heavy (non-hydrogen) atoms. The van der Waals surface area contributed by atoms with Crippen molar-refractivity contribution in [3.63, 3.8) is 0 Å².